The molecule has 3 N–H and O–H groups in total. The molecule has 3 aromatic heterocycles. The highest BCUT2D eigenvalue weighted by Crippen LogP contribution is 2.41. The van der Waals surface area contributed by atoms with Gasteiger partial charge < -0.3 is 15.8 Å². The maximum Gasteiger partial charge on any atom is 0.230 e. The van der Waals surface area contributed by atoms with Crippen LogP contribution in [0.2, 0.25) is 0 Å². The van der Waals surface area contributed by atoms with E-state index in [1.165, 1.54) is 23.1 Å². The van der Waals surface area contributed by atoms with Crippen molar-refractivity contribution in [1.82, 2.24) is 25.1 Å². The van der Waals surface area contributed by atoms with Crippen molar-refractivity contribution in [1.29, 1.82) is 0 Å². The maximum atomic E-state index is 12.2. The van der Waals surface area contributed by atoms with Gasteiger partial charge in [0.25, 0.3) is 0 Å². The molecule has 0 saturated heterocycles. The van der Waals surface area contributed by atoms with Crippen molar-refractivity contribution in [2.45, 2.75) is 24.0 Å². The van der Waals surface area contributed by atoms with Gasteiger partial charge in [-0.15, -0.1) is 21.5 Å². The Morgan fingerprint density at radius 2 is 2.13 bits per heavy atom. The highest BCUT2D eigenvalue weighted by Gasteiger charge is 2.26. The number of nitrogen functional groups attached to an aromatic ring is 1. The van der Waals surface area contributed by atoms with Gasteiger partial charge in [0.2, 0.25) is 5.91 Å². The van der Waals surface area contributed by atoms with Gasteiger partial charge >= 0.3 is 0 Å². The van der Waals surface area contributed by atoms with Gasteiger partial charge in [0.05, 0.1) is 29.1 Å². The number of nitrogens with zero attached hydrogens (tertiary/aromatic N) is 4. The molecule has 1 fully saturated rings. The van der Waals surface area contributed by atoms with Crippen molar-refractivity contribution in [2.24, 2.45) is 0 Å². The normalized spacial score (nSPS) is 13.5. The van der Waals surface area contributed by atoms with Gasteiger partial charge in [0, 0.05) is 17.6 Å². The van der Waals surface area contributed by atoms with Gasteiger partial charge in [0.1, 0.15) is 10.6 Å². The summed E-state index contributed by atoms with van der Waals surface area (Å²) in [6, 6.07) is 11.8. The Balaban J connectivity index is 1.59. The number of rotatable bonds is 7. The standard InChI is InChI=1S/C21H20N6O2S2/c1-29-15-7-3-2-6-14(15)27-19(18-17(22)13-5-4-10-23-20(13)31-18)25-26-21(27)30-11-16(28)24-12-8-9-12/h2-7,10,12H,8-9,11,22H2,1H3,(H,24,28). The van der Waals surface area contributed by atoms with Crippen LogP contribution in [0.15, 0.2) is 47.8 Å². The van der Waals surface area contributed by atoms with Crippen LogP contribution in [0.5, 0.6) is 5.75 Å². The van der Waals surface area contributed by atoms with Crippen LogP contribution in [0, 0.1) is 0 Å². The Hall–Kier alpha value is -3.11. The number of amides is 1. The number of thioether (sulfide) groups is 1. The number of aromatic nitrogens is 4. The number of fused-ring (bicyclic) bond motifs is 1. The zero-order chi connectivity index (χ0) is 21.4. The highest BCUT2D eigenvalue weighted by molar-refractivity contribution is 7.99. The molecule has 1 aliphatic carbocycles. The van der Waals surface area contributed by atoms with Crippen molar-refractivity contribution >= 4 is 44.9 Å². The summed E-state index contributed by atoms with van der Waals surface area (Å²) in [5.74, 6) is 1.52. The number of hydrogen-bond donors (Lipinski definition) is 2. The average molecular weight is 453 g/mol. The first-order valence-electron chi connectivity index (χ1n) is 9.80. The molecule has 1 saturated carbocycles. The summed E-state index contributed by atoms with van der Waals surface area (Å²) in [4.78, 5) is 18.3. The molecule has 0 bridgehead atoms. The van der Waals surface area contributed by atoms with E-state index in [9.17, 15) is 4.79 Å². The third-order valence-electron chi connectivity index (χ3n) is 4.94. The second-order valence-electron chi connectivity index (χ2n) is 7.14. The van der Waals surface area contributed by atoms with Crippen LogP contribution >= 0.6 is 23.1 Å². The Kier molecular flexibility index (Phi) is 5.24. The Labute approximate surface area is 186 Å². The lowest BCUT2D eigenvalue weighted by molar-refractivity contribution is -0.118. The van der Waals surface area contributed by atoms with Crippen LogP contribution in [0.25, 0.3) is 26.6 Å². The molecule has 8 nitrogen and oxygen atoms in total. The third kappa shape index (κ3) is 3.84. The molecule has 1 amide bonds. The van der Waals surface area contributed by atoms with Crippen LogP contribution in [-0.4, -0.2) is 44.6 Å². The van der Waals surface area contributed by atoms with Gasteiger partial charge in [-0.3, -0.25) is 9.36 Å². The van der Waals surface area contributed by atoms with E-state index in [-0.39, 0.29) is 11.7 Å². The molecule has 0 aliphatic heterocycles. The molecule has 0 radical (unpaired) electrons. The fourth-order valence-corrected chi connectivity index (χ4v) is 5.08. The van der Waals surface area contributed by atoms with E-state index in [4.69, 9.17) is 10.5 Å². The molecule has 5 rings (SSSR count). The first-order chi connectivity index (χ1) is 15.2. The molecule has 1 aromatic carbocycles. The molecule has 31 heavy (non-hydrogen) atoms. The lowest BCUT2D eigenvalue weighted by Gasteiger charge is -2.13. The summed E-state index contributed by atoms with van der Waals surface area (Å²) < 4.78 is 7.48. The number of carbonyl (C=O) groups is 1. The van der Waals surface area contributed by atoms with E-state index in [0.717, 1.165) is 33.6 Å². The number of benzene rings is 1. The summed E-state index contributed by atoms with van der Waals surface area (Å²) in [7, 11) is 1.62. The Bertz CT molecular complexity index is 1260. The monoisotopic (exact) mass is 452 g/mol. The molecule has 0 spiro atoms. The molecule has 1 aliphatic rings. The van der Waals surface area contributed by atoms with Crippen LogP contribution in [0.3, 0.4) is 0 Å². The van der Waals surface area contributed by atoms with Crippen LogP contribution in [0.4, 0.5) is 5.69 Å². The predicted octanol–water partition coefficient (Wildman–Crippen LogP) is 3.51. The third-order valence-corrected chi connectivity index (χ3v) is 7.00. The largest absolute Gasteiger partial charge is 0.495 e. The van der Waals surface area contributed by atoms with Crippen molar-refractivity contribution in [3.63, 3.8) is 0 Å². The number of nitrogens with one attached hydrogen (secondary N) is 1. The van der Waals surface area contributed by atoms with E-state index < -0.39 is 0 Å². The lowest BCUT2D eigenvalue weighted by Crippen LogP contribution is -2.27. The summed E-state index contributed by atoms with van der Waals surface area (Å²) in [5.41, 5.74) is 7.86. The number of nitrogens with two attached hydrogens (primary N) is 1. The number of anilines is 1. The van der Waals surface area contributed by atoms with Crippen LogP contribution < -0.4 is 15.8 Å². The highest BCUT2D eigenvalue weighted by atomic mass is 32.2. The predicted molar refractivity (Wildman–Crippen MR) is 123 cm³/mol. The fraction of sp³-hybridized carbons (Fsp3) is 0.238. The van der Waals surface area contributed by atoms with Crippen LogP contribution in [0.1, 0.15) is 12.8 Å². The molecule has 0 atom stereocenters. The lowest BCUT2D eigenvalue weighted by atomic mass is 10.2. The maximum absolute atomic E-state index is 12.2. The summed E-state index contributed by atoms with van der Waals surface area (Å²) in [6.07, 6.45) is 3.85. The van der Waals surface area contributed by atoms with Crippen LogP contribution in [-0.2, 0) is 4.79 Å². The molecule has 4 aromatic rings. The van der Waals surface area contributed by atoms with Gasteiger partial charge in [-0.25, -0.2) is 4.98 Å². The van der Waals surface area contributed by atoms with Gasteiger partial charge in [-0.2, -0.15) is 0 Å². The van der Waals surface area contributed by atoms with Crippen molar-refractivity contribution in [3.8, 4) is 22.1 Å². The molecular weight excluding hydrogens is 432 g/mol. The van der Waals surface area contributed by atoms with E-state index in [2.05, 4.69) is 20.5 Å². The van der Waals surface area contributed by atoms with Gasteiger partial charge in [0.15, 0.2) is 11.0 Å². The molecule has 0 unspecified atom stereocenters. The minimum absolute atomic E-state index is 0.00537. The summed E-state index contributed by atoms with van der Waals surface area (Å²) >= 11 is 2.80. The minimum atomic E-state index is -0.00537. The first-order valence-corrected chi connectivity index (χ1v) is 11.6. The average Bonchev–Trinajstić information content (AvgIpc) is 3.41. The van der Waals surface area contributed by atoms with Crippen molar-refractivity contribution in [3.05, 3.63) is 42.6 Å². The second-order valence-corrected chi connectivity index (χ2v) is 9.09. The van der Waals surface area contributed by atoms with Crippen molar-refractivity contribution < 1.29 is 9.53 Å². The SMILES string of the molecule is COc1ccccc1-n1c(SCC(=O)NC2CC2)nnc1-c1sc2ncccc2c1N. The molecule has 3 heterocycles. The zero-order valence-corrected chi connectivity index (χ0v) is 18.4. The number of para-hydroxylation sites is 2. The number of ether oxygens (including phenoxy) is 1. The Morgan fingerprint density at radius 1 is 1.29 bits per heavy atom. The van der Waals surface area contributed by atoms with E-state index in [1.54, 1.807) is 13.3 Å². The van der Waals surface area contributed by atoms with E-state index in [0.29, 0.717) is 28.5 Å². The number of carbonyl (C=O) groups excluding carboxylic acids is 1. The summed E-state index contributed by atoms with van der Waals surface area (Å²) in [6.45, 7) is 0. The molecule has 10 heteroatoms. The van der Waals surface area contributed by atoms with E-state index in [1.807, 2.05) is 41.0 Å². The topological polar surface area (TPSA) is 108 Å². The number of pyridine rings is 1. The first kappa shape index (κ1) is 19.8. The molecular formula is C21H20N6O2S2. The molecule has 158 valence electrons. The van der Waals surface area contributed by atoms with E-state index >= 15 is 0 Å². The second kappa shape index (κ2) is 8.20. The summed E-state index contributed by atoms with van der Waals surface area (Å²) in [5, 5.41) is 13.3. The quantitative estimate of drug-likeness (QED) is 0.413. The van der Waals surface area contributed by atoms with Gasteiger partial charge in [-0.1, -0.05) is 23.9 Å². The Morgan fingerprint density at radius 3 is 2.90 bits per heavy atom. The smallest absolute Gasteiger partial charge is 0.230 e. The zero-order valence-electron chi connectivity index (χ0n) is 16.7. The van der Waals surface area contributed by atoms with Gasteiger partial charge in [-0.05, 0) is 37.1 Å². The number of thiophene rings is 1. The fourth-order valence-electron chi connectivity index (χ4n) is 3.29. The number of methoxy groups -OCH3 is 1. The number of hydrogen-bond acceptors (Lipinski definition) is 8. The van der Waals surface area contributed by atoms with Crippen molar-refractivity contribution in [2.75, 3.05) is 18.6 Å². The minimum Gasteiger partial charge on any atom is -0.495 e.